The quantitative estimate of drug-likeness (QED) is 0.486. The average molecular weight is 171 g/mol. The second-order valence-electron chi connectivity index (χ2n) is 4.02. The Hall–Kier alpha value is -0.830. The molecule has 0 radical (unpaired) electrons. The summed E-state index contributed by atoms with van der Waals surface area (Å²) in [6.45, 7) is 5.34. The van der Waals surface area contributed by atoms with Gasteiger partial charge in [-0.2, -0.15) is 0 Å². The van der Waals surface area contributed by atoms with Gasteiger partial charge in [0.05, 0.1) is 20.6 Å². The number of quaternary nitrogens is 1. The van der Waals surface area contributed by atoms with Gasteiger partial charge in [0.25, 0.3) is 5.91 Å². The summed E-state index contributed by atoms with van der Waals surface area (Å²) in [5.74, 6) is -0.248. The minimum atomic E-state index is -0.248. The lowest BCUT2D eigenvalue weighted by Gasteiger charge is -2.26. The minimum absolute atomic E-state index is 0.248. The van der Waals surface area contributed by atoms with Crippen LogP contribution in [-0.4, -0.2) is 37.6 Å². The van der Waals surface area contributed by atoms with E-state index in [1.54, 1.807) is 0 Å². The van der Waals surface area contributed by atoms with Crippen LogP contribution in [-0.2, 0) is 4.79 Å². The van der Waals surface area contributed by atoms with Crippen molar-refractivity contribution in [3.8, 4) is 0 Å². The maximum atomic E-state index is 10.6. The van der Waals surface area contributed by atoms with Crippen molar-refractivity contribution in [3.63, 3.8) is 0 Å². The number of allylic oxidation sites excluding steroid dienone is 1. The van der Waals surface area contributed by atoms with Crippen LogP contribution in [0.4, 0.5) is 0 Å². The fourth-order valence-corrected chi connectivity index (χ4v) is 0.916. The van der Waals surface area contributed by atoms with Crippen LogP contribution in [0.25, 0.3) is 0 Å². The van der Waals surface area contributed by atoms with Crippen LogP contribution in [0.1, 0.15) is 13.8 Å². The van der Waals surface area contributed by atoms with Gasteiger partial charge < -0.3 is 10.2 Å². The van der Waals surface area contributed by atoms with Crippen molar-refractivity contribution in [2.45, 2.75) is 13.8 Å². The molecule has 0 unspecified atom stereocenters. The molecule has 0 fully saturated rings. The lowest BCUT2D eigenvalue weighted by molar-refractivity contribution is -0.876. The third-order valence-electron chi connectivity index (χ3n) is 1.58. The summed E-state index contributed by atoms with van der Waals surface area (Å²) in [6.07, 6.45) is 2.11. The van der Waals surface area contributed by atoms with Gasteiger partial charge in [-0.15, -0.1) is 0 Å². The third kappa shape index (κ3) is 5.92. The molecule has 12 heavy (non-hydrogen) atoms. The van der Waals surface area contributed by atoms with Crippen LogP contribution in [0.3, 0.4) is 0 Å². The van der Waals surface area contributed by atoms with E-state index in [9.17, 15) is 4.79 Å². The first-order valence-corrected chi connectivity index (χ1v) is 4.07. The molecule has 0 spiro atoms. The van der Waals surface area contributed by atoms with Crippen LogP contribution in [0, 0.1) is 0 Å². The SMILES string of the molecule is CC(C)=CC[N+](C)(C)CC(N)=O. The molecule has 0 saturated heterocycles. The van der Waals surface area contributed by atoms with Gasteiger partial charge in [-0.1, -0.05) is 5.57 Å². The van der Waals surface area contributed by atoms with Gasteiger partial charge >= 0.3 is 0 Å². The Labute approximate surface area is 74.4 Å². The van der Waals surface area contributed by atoms with E-state index in [-0.39, 0.29) is 5.91 Å². The molecule has 0 aromatic rings. The molecule has 3 nitrogen and oxygen atoms in total. The molecular formula is C9H19N2O+. The first-order valence-electron chi connectivity index (χ1n) is 4.07. The van der Waals surface area contributed by atoms with E-state index in [4.69, 9.17) is 5.73 Å². The summed E-state index contributed by atoms with van der Waals surface area (Å²) in [6, 6.07) is 0. The molecule has 0 aromatic heterocycles. The Morgan fingerprint density at radius 2 is 1.92 bits per heavy atom. The normalized spacial score (nSPS) is 11.0. The number of amides is 1. The molecule has 1 amide bonds. The Kier molecular flexibility index (Phi) is 3.96. The van der Waals surface area contributed by atoms with Gasteiger partial charge in [0.15, 0.2) is 6.54 Å². The molecule has 0 atom stereocenters. The van der Waals surface area contributed by atoms with Crippen LogP contribution in [0.2, 0.25) is 0 Å². The van der Waals surface area contributed by atoms with Gasteiger partial charge in [-0.3, -0.25) is 4.79 Å². The third-order valence-corrected chi connectivity index (χ3v) is 1.58. The Balaban J connectivity index is 4.04. The number of nitrogens with zero attached hydrogens (tertiary/aromatic N) is 1. The molecule has 0 aliphatic rings. The van der Waals surface area contributed by atoms with Crippen LogP contribution in [0.5, 0.6) is 0 Å². The summed E-state index contributed by atoms with van der Waals surface area (Å²) >= 11 is 0. The second-order valence-corrected chi connectivity index (χ2v) is 4.02. The fraction of sp³-hybridized carbons (Fsp3) is 0.667. The number of likely N-dealkylation sites (N-methyl/N-ethyl adjacent to an activating group) is 1. The molecule has 3 heteroatoms. The van der Waals surface area contributed by atoms with E-state index in [1.807, 2.05) is 27.9 Å². The molecule has 0 aromatic carbocycles. The molecule has 0 saturated carbocycles. The fourth-order valence-electron chi connectivity index (χ4n) is 0.916. The van der Waals surface area contributed by atoms with Gasteiger partial charge in [0.2, 0.25) is 0 Å². The van der Waals surface area contributed by atoms with E-state index in [2.05, 4.69) is 6.08 Å². The van der Waals surface area contributed by atoms with Crippen LogP contribution >= 0.6 is 0 Å². The van der Waals surface area contributed by atoms with Crippen molar-refractivity contribution < 1.29 is 9.28 Å². The van der Waals surface area contributed by atoms with E-state index in [0.717, 1.165) is 6.54 Å². The van der Waals surface area contributed by atoms with Gasteiger partial charge in [-0.25, -0.2) is 0 Å². The molecular weight excluding hydrogens is 152 g/mol. The van der Waals surface area contributed by atoms with Crippen molar-refractivity contribution in [2.75, 3.05) is 27.2 Å². The summed E-state index contributed by atoms with van der Waals surface area (Å²) in [5, 5.41) is 0. The lowest BCUT2D eigenvalue weighted by Crippen LogP contribution is -2.46. The highest BCUT2D eigenvalue weighted by atomic mass is 16.1. The van der Waals surface area contributed by atoms with Gasteiger partial charge in [0.1, 0.15) is 0 Å². The van der Waals surface area contributed by atoms with Crippen molar-refractivity contribution >= 4 is 5.91 Å². The number of hydrogen-bond acceptors (Lipinski definition) is 1. The maximum Gasteiger partial charge on any atom is 0.272 e. The number of nitrogens with two attached hydrogens (primary N) is 1. The lowest BCUT2D eigenvalue weighted by atomic mass is 10.3. The highest BCUT2D eigenvalue weighted by Gasteiger charge is 2.15. The minimum Gasteiger partial charge on any atom is -0.365 e. The summed E-state index contributed by atoms with van der Waals surface area (Å²) in [5.41, 5.74) is 6.38. The zero-order valence-electron chi connectivity index (χ0n) is 8.42. The maximum absolute atomic E-state index is 10.6. The van der Waals surface area contributed by atoms with E-state index in [1.165, 1.54) is 5.57 Å². The van der Waals surface area contributed by atoms with Crippen LogP contribution in [0.15, 0.2) is 11.6 Å². The topological polar surface area (TPSA) is 43.1 Å². The first-order chi connectivity index (χ1) is 5.33. The summed E-state index contributed by atoms with van der Waals surface area (Å²) in [4.78, 5) is 10.6. The molecule has 0 bridgehead atoms. The average Bonchev–Trinajstić information content (AvgIpc) is 1.81. The Morgan fingerprint density at radius 3 is 2.25 bits per heavy atom. The number of hydrogen-bond donors (Lipinski definition) is 1. The molecule has 0 rings (SSSR count). The zero-order chi connectivity index (χ0) is 9.78. The molecule has 0 aliphatic carbocycles. The van der Waals surface area contributed by atoms with Crippen LogP contribution < -0.4 is 5.73 Å². The molecule has 70 valence electrons. The van der Waals surface area contributed by atoms with Crippen molar-refractivity contribution in [1.82, 2.24) is 0 Å². The Bertz CT molecular complexity index is 191. The highest BCUT2D eigenvalue weighted by molar-refractivity contribution is 5.74. The van der Waals surface area contributed by atoms with Crippen molar-refractivity contribution in [3.05, 3.63) is 11.6 Å². The smallest absolute Gasteiger partial charge is 0.272 e. The van der Waals surface area contributed by atoms with Gasteiger partial charge in [-0.05, 0) is 19.9 Å². The van der Waals surface area contributed by atoms with Gasteiger partial charge in [0, 0.05) is 0 Å². The van der Waals surface area contributed by atoms with Crippen molar-refractivity contribution in [1.29, 1.82) is 0 Å². The number of carbonyl (C=O) groups excluding carboxylic acids is 1. The zero-order valence-corrected chi connectivity index (χ0v) is 8.42. The monoisotopic (exact) mass is 171 g/mol. The highest BCUT2D eigenvalue weighted by Crippen LogP contribution is 1.98. The standard InChI is InChI=1S/C9H18N2O/c1-8(2)5-6-11(3,4)7-9(10)12/h5H,6-7H2,1-4H3,(H-,10,12)/p+1. The number of rotatable bonds is 4. The van der Waals surface area contributed by atoms with Crippen molar-refractivity contribution in [2.24, 2.45) is 5.73 Å². The number of primary amides is 1. The second kappa shape index (κ2) is 4.26. The largest absolute Gasteiger partial charge is 0.365 e. The van der Waals surface area contributed by atoms with E-state index in [0.29, 0.717) is 11.0 Å². The van der Waals surface area contributed by atoms with E-state index >= 15 is 0 Å². The molecule has 0 heterocycles. The predicted molar refractivity (Wildman–Crippen MR) is 50.5 cm³/mol. The Morgan fingerprint density at radius 1 is 1.42 bits per heavy atom. The molecule has 2 N–H and O–H groups in total. The van der Waals surface area contributed by atoms with E-state index < -0.39 is 0 Å². The predicted octanol–water partition coefficient (Wildman–Crippen LogP) is 0.514. The summed E-state index contributed by atoms with van der Waals surface area (Å²) < 4.78 is 0.626. The first kappa shape index (κ1) is 11.2. The summed E-state index contributed by atoms with van der Waals surface area (Å²) in [7, 11) is 3.98. The number of carbonyl (C=O) groups is 1. The molecule has 0 aliphatic heterocycles.